The molecule has 0 saturated carbocycles. The minimum absolute atomic E-state index is 0.00779. The first-order valence-corrected chi connectivity index (χ1v) is 12.6. The van der Waals surface area contributed by atoms with Crippen LogP contribution in [0.4, 0.5) is 0 Å². The van der Waals surface area contributed by atoms with Gasteiger partial charge in [0.2, 0.25) is 0 Å². The highest BCUT2D eigenvalue weighted by Crippen LogP contribution is 2.24. The minimum Gasteiger partial charge on any atom is -0.494 e. The second kappa shape index (κ2) is 15.0. The lowest BCUT2D eigenvalue weighted by Crippen LogP contribution is -2.11. The molecule has 38 heavy (non-hydrogen) atoms. The van der Waals surface area contributed by atoms with Crippen LogP contribution in [0.3, 0.4) is 0 Å². The van der Waals surface area contributed by atoms with Gasteiger partial charge in [0.05, 0.1) is 18.8 Å². The number of carbonyl (C=O) groups is 3. The summed E-state index contributed by atoms with van der Waals surface area (Å²) in [7, 11) is 0. The number of hydrogen-bond acceptors (Lipinski definition) is 6. The average Bonchev–Trinajstić information content (AvgIpc) is 2.94. The molecule has 7 heteroatoms. The van der Waals surface area contributed by atoms with Crippen LogP contribution in [0.2, 0.25) is 0 Å². The van der Waals surface area contributed by atoms with Crippen molar-refractivity contribution in [3.05, 3.63) is 96.6 Å². The second-order valence-electron chi connectivity index (χ2n) is 8.63. The Balaban J connectivity index is 1.39. The third-order valence-electron chi connectivity index (χ3n) is 5.85. The number of unbranched alkanes of at least 4 members (excludes halogenated alkanes) is 5. The highest BCUT2D eigenvalue weighted by molar-refractivity contribution is 5.95. The van der Waals surface area contributed by atoms with Gasteiger partial charge in [0.25, 0.3) is 0 Å². The Bertz CT molecular complexity index is 1210. The molecule has 0 aromatic heterocycles. The molecule has 0 aliphatic carbocycles. The van der Waals surface area contributed by atoms with Crippen LogP contribution in [-0.2, 0) is 9.53 Å². The summed E-state index contributed by atoms with van der Waals surface area (Å²) in [5, 5.41) is 9.25. The Hall–Kier alpha value is -4.39. The predicted octanol–water partition coefficient (Wildman–Crippen LogP) is 6.72. The van der Waals surface area contributed by atoms with Gasteiger partial charge in [-0.3, -0.25) is 0 Å². The molecule has 198 valence electrons. The first kappa shape index (κ1) is 28.2. The van der Waals surface area contributed by atoms with Crippen molar-refractivity contribution < 1.29 is 33.7 Å². The van der Waals surface area contributed by atoms with E-state index in [0.717, 1.165) is 55.4 Å². The summed E-state index contributed by atoms with van der Waals surface area (Å²) < 4.78 is 16.1. The van der Waals surface area contributed by atoms with E-state index in [0.29, 0.717) is 18.8 Å². The molecule has 0 spiro atoms. The second-order valence-corrected chi connectivity index (χ2v) is 8.63. The summed E-state index contributed by atoms with van der Waals surface area (Å²) in [4.78, 5) is 34.8. The first-order chi connectivity index (χ1) is 18.5. The van der Waals surface area contributed by atoms with E-state index < -0.39 is 11.9 Å². The summed E-state index contributed by atoms with van der Waals surface area (Å²) in [5.41, 5.74) is 2.16. The van der Waals surface area contributed by atoms with Crippen LogP contribution in [0.1, 0.15) is 59.2 Å². The number of para-hydroxylation sites is 1. The maximum atomic E-state index is 12.5. The molecule has 0 bridgehead atoms. The Morgan fingerprint density at radius 1 is 0.737 bits per heavy atom. The standard InChI is InChI=1S/C31H32O7/c1-2-29(32)37-22-10-6-4-3-5-9-21-36-26-19-17-24(18-20-26)23-13-15-25(16-14-23)31(35)38-28-12-8-7-11-27(28)30(33)34/h2,7-8,11-20H,1,3-6,9-10,21-22H2,(H,33,34). The minimum atomic E-state index is -1.16. The molecule has 0 heterocycles. The molecule has 7 nitrogen and oxygen atoms in total. The predicted molar refractivity (Wildman–Crippen MR) is 145 cm³/mol. The van der Waals surface area contributed by atoms with Crippen molar-refractivity contribution in [3.8, 4) is 22.6 Å². The van der Waals surface area contributed by atoms with E-state index in [1.807, 2.05) is 36.4 Å². The van der Waals surface area contributed by atoms with Crippen molar-refractivity contribution in [2.24, 2.45) is 0 Å². The normalized spacial score (nSPS) is 10.4. The Kier molecular flexibility index (Phi) is 11.1. The number of ether oxygens (including phenoxy) is 3. The number of carboxylic acid groups (broad SMARTS) is 1. The fraction of sp³-hybridized carbons (Fsp3) is 0.258. The number of carboxylic acids is 1. The lowest BCUT2D eigenvalue weighted by atomic mass is 10.0. The lowest BCUT2D eigenvalue weighted by molar-refractivity contribution is -0.137. The number of benzene rings is 3. The van der Waals surface area contributed by atoms with Crippen LogP contribution in [-0.4, -0.2) is 36.2 Å². The quantitative estimate of drug-likeness (QED) is 0.104. The molecule has 1 N–H and O–H groups in total. The van der Waals surface area contributed by atoms with Crippen molar-refractivity contribution in [2.75, 3.05) is 13.2 Å². The van der Waals surface area contributed by atoms with E-state index in [2.05, 4.69) is 6.58 Å². The third kappa shape index (κ3) is 8.92. The number of carbonyl (C=O) groups excluding carboxylic acids is 2. The third-order valence-corrected chi connectivity index (χ3v) is 5.85. The average molecular weight is 517 g/mol. The van der Waals surface area contributed by atoms with Crippen LogP contribution in [0.15, 0.2) is 85.5 Å². The molecular weight excluding hydrogens is 484 g/mol. The Morgan fingerprint density at radius 3 is 1.95 bits per heavy atom. The first-order valence-electron chi connectivity index (χ1n) is 12.6. The Morgan fingerprint density at radius 2 is 1.32 bits per heavy atom. The molecule has 0 amide bonds. The molecule has 3 aromatic rings. The van der Waals surface area contributed by atoms with Crippen LogP contribution < -0.4 is 9.47 Å². The van der Waals surface area contributed by atoms with E-state index in [-0.39, 0.29) is 17.3 Å². The van der Waals surface area contributed by atoms with E-state index >= 15 is 0 Å². The smallest absolute Gasteiger partial charge is 0.343 e. The molecule has 3 aromatic carbocycles. The zero-order valence-corrected chi connectivity index (χ0v) is 21.3. The molecule has 0 atom stereocenters. The van der Waals surface area contributed by atoms with E-state index in [1.54, 1.807) is 24.3 Å². The van der Waals surface area contributed by atoms with E-state index in [1.165, 1.54) is 18.2 Å². The molecule has 3 rings (SSSR count). The zero-order valence-electron chi connectivity index (χ0n) is 21.3. The number of rotatable bonds is 15. The van der Waals surface area contributed by atoms with Gasteiger partial charge in [-0.05, 0) is 60.4 Å². The summed E-state index contributed by atoms with van der Waals surface area (Å²) >= 11 is 0. The molecule has 0 aliphatic rings. The highest BCUT2D eigenvalue weighted by Gasteiger charge is 2.15. The van der Waals surface area contributed by atoms with Gasteiger partial charge in [0.15, 0.2) is 0 Å². The fourth-order valence-corrected chi connectivity index (χ4v) is 3.77. The zero-order chi connectivity index (χ0) is 27.2. The lowest BCUT2D eigenvalue weighted by Gasteiger charge is -2.09. The van der Waals surface area contributed by atoms with Crippen molar-refractivity contribution in [3.63, 3.8) is 0 Å². The summed E-state index contributed by atoms with van der Waals surface area (Å²) in [6, 6.07) is 20.7. The topological polar surface area (TPSA) is 99.1 Å². The van der Waals surface area contributed by atoms with Crippen LogP contribution in [0.5, 0.6) is 11.5 Å². The van der Waals surface area contributed by atoms with Crippen LogP contribution in [0, 0.1) is 0 Å². The molecule has 0 unspecified atom stereocenters. The van der Waals surface area contributed by atoms with Gasteiger partial charge in [-0.1, -0.05) is 68.7 Å². The van der Waals surface area contributed by atoms with Crippen molar-refractivity contribution in [1.82, 2.24) is 0 Å². The molecule has 0 fully saturated rings. The summed E-state index contributed by atoms with van der Waals surface area (Å²) in [6.45, 7) is 4.47. The van der Waals surface area contributed by atoms with Crippen LogP contribution >= 0.6 is 0 Å². The summed E-state index contributed by atoms with van der Waals surface area (Å²) in [6.07, 6.45) is 7.37. The molecule has 0 radical (unpaired) electrons. The SMILES string of the molecule is C=CC(=O)OCCCCCCCCOc1ccc(-c2ccc(C(=O)Oc3ccccc3C(=O)O)cc2)cc1. The van der Waals surface area contributed by atoms with Gasteiger partial charge in [-0.15, -0.1) is 0 Å². The van der Waals surface area contributed by atoms with E-state index in [4.69, 9.17) is 14.2 Å². The van der Waals surface area contributed by atoms with Gasteiger partial charge in [0, 0.05) is 6.08 Å². The van der Waals surface area contributed by atoms with Gasteiger partial charge >= 0.3 is 17.9 Å². The van der Waals surface area contributed by atoms with Gasteiger partial charge in [0.1, 0.15) is 17.1 Å². The monoisotopic (exact) mass is 516 g/mol. The van der Waals surface area contributed by atoms with E-state index in [9.17, 15) is 19.5 Å². The molecular formula is C31H32O7. The summed E-state index contributed by atoms with van der Waals surface area (Å²) in [5.74, 6) is -1.34. The van der Waals surface area contributed by atoms with Crippen molar-refractivity contribution in [2.45, 2.75) is 38.5 Å². The largest absolute Gasteiger partial charge is 0.494 e. The fourth-order valence-electron chi connectivity index (χ4n) is 3.77. The maximum absolute atomic E-state index is 12.5. The van der Waals surface area contributed by atoms with Gasteiger partial charge in [-0.25, -0.2) is 14.4 Å². The van der Waals surface area contributed by atoms with Gasteiger partial charge < -0.3 is 19.3 Å². The maximum Gasteiger partial charge on any atom is 0.343 e. The van der Waals surface area contributed by atoms with Crippen molar-refractivity contribution in [1.29, 1.82) is 0 Å². The molecule has 0 aliphatic heterocycles. The van der Waals surface area contributed by atoms with Crippen molar-refractivity contribution >= 4 is 17.9 Å². The number of hydrogen-bond donors (Lipinski definition) is 1. The van der Waals surface area contributed by atoms with Crippen LogP contribution in [0.25, 0.3) is 11.1 Å². The highest BCUT2D eigenvalue weighted by atomic mass is 16.5. The number of aromatic carboxylic acids is 1. The molecule has 0 saturated heterocycles. The number of esters is 2. The van der Waals surface area contributed by atoms with Gasteiger partial charge in [-0.2, -0.15) is 0 Å². The Labute approximate surface area is 222 Å².